The van der Waals surface area contributed by atoms with Gasteiger partial charge in [0.2, 0.25) is 0 Å². The molecule has 0 saturated heterocycles. The zero-order valence-corrected chi connectivity index (χ0v) is 17.0. The predicted molar refractivity (Wildman–Crippen MR) is 120 cm³/mol. The number of nitrogens with zero attached hydrogens (tertiary/aromatic N) is 3. The van der Waals surface area contributed by atoms with Gasteiger partial charge < -0.3 is 0 Å². The van der Waals surface area contributed by atoms with E-state index in [-0.39, 0.29) is 5.91 Å². The number of nitrogens with one attached hydrogen (secondary N) is 1. The Morgan fingerprint density at radius 3 is 2.23 bits per heavy atom. The van der Waals surface area contributed by atoms with Crippen LogP contribution >= 0.6 is 11.6 Å². The fraction of sp³-hybridized carbons (Fsp3) is 0.0417. The zero-order chi connectivity index (χ0) is 20.9. The smallest absolute Gasteiger partial charge is 0.267 e. The van der Waals surface area contributed by atoms with Crippen molar-refractivity contribution in [1.29, 1.82) is 0 Å². The first-order valence-electron chi connectivity index (χ1n) is 9.43. The summed E-state index contributed by atoms with van der Waals surface area (Å²) in [6, 6.07) is 26.6. The number of amides is 1. The summed E-state index contributed by atoms with van der Waals surface area (Å²) in [5.74, 6) is -0.345. The van der Waals surface area contributed by atoms with Crippen LogP contribution in [0.3, 0.4) is 0 Å². The molecule has 5 nitrogen and oxygen atoms in total. The Balaban J connectivity index is 1.68. The molecule has 1 amide bonds. The predicted octanol–water partition coefficient (Wildman–Crippen LogP) is 5.35. The van der Waals surface area contributed by atoms with Gasteiger partial charge in [0.05, 0.1) is 17.0 Å². The number of hydrogen-bond donors (Lipinski definition) is 1. The molecular weight excluding hydrogens is 396 g/mol. The Kier molecular flexibility index (Phi) is 5.72. The minimum Gasteiger partial charge on any atom is -0.267 e. The quantitative estimate of drug-likeness (QED) is 0.353. The molecule has 0 unspecified atom stereocenters. The molecule has 0 atom stereocenters. The van der Waals surface area contributed by atoms with Crippen molar-refractivity contribution in [3.8, 4) is 16.9 Å². The number of para-hydroxylation sites is 1. The molecule has 3 aromatic carbocycles. The lowest BCUT2D eigenvalue weighted by Gasteiger charge is -2.05. The Hall–Kier alpha value is -3.70. The van der Waals surface area contributed by atoms with Crippen LogP contribution in [0.4, 0.5) is 0 Å². The molecule has 0 aliphatic heterocycles. The van der Waals surface area contributed by atoms with Gasteiger partial charge in [-0.15, -0.1) is 0 Å². The van der Waals surface area contributed by atoms with Gasteiger partial charge in [0.1, 0.15) is 5.69 Å². The number of benzene rings is 3. The van der Waals surface area contributed by atoms with Crippen molar-refractivity contribution in [1.82, 2.24) is 15.2 Å². The first kappa shape index (κ1) is 19.6. The van der Waals surface area contributed by atoms with Crippen LogP contribution in [0.2, 0.25) is 5.02 Å². The minimum absolute atomic E-state index is 0.345. The van der Waals surface area contributed by atoms with Crippen molar-refractivity contribution < 1.29 is 4.79 Å². The first-order chi connectivity index (χ1) is 14.6. The molecule has 0 aliphatic carbocycles. The van der Waals surface area contributed by atoms with Gasteiger partial charge in [0.25, 0.3) is 5.91 Å². The molecule has 0 spiro atoms. The van der Waals surface area contributed by atoms with Crippen LogP contribution in [0, 0.1) is 0 Å². The standard InChI is InChI=1S/C24H19ClN4O/c1-17(20-14-8-9-15-22(20)25)26-27-24(30)21-16-29(19-12-6-3-7-13-19)28-23(21)18-10-4-2-5-11-18/h2-16H,1H3,(H,27,30)/b26-17+. The lowest BCUT2D eigenvalue weighted by atomic mass is 10.1. The maximum Gasteiger partial charge on any atom is 0.275 e. The average molecular weight is 415 g/mol. The van der Waals surface area contributed by atoms with E-state index in [1.807, 2.05) is 78.9 Å². The Morgan fingerprint density at radius 1 is 0.900 bits per heavy atom. The van der Waals surface area contributed by atoms with E-state index in [1.165, 1.54) is 0 Å². The summed E-state index contributed by atoms with van der Waals surface area (Å²) in [5.41, 5.74) is 6.75. The summed E-state index contributed by atoms with van der Waals surface area (Å²) in [6.45, 7) is 1.80. The molecule has 1 N–H and O–H groups in total. The van der Waals surface area contributed by atoms with E-state index < -0.39 is 0 Å². The third-order valence-electron chi connectivity index (χ3n) is 4.62. The van der Waals surface area contributed by atoms with Gasteiger partial charge in [-0.05, 0) is 25.1 Å². The molecule has 4 aromatic rings. The normalized spacial score (nSPS) is 11.3. The summed E-state index contributed by atoms with van der Waals surface area (Å²) in [4.78, 5) is 13.0. The van der Waals surface area contributed by atoms with Crippen molar-refractivity contribution in [3.05, 3.63) is 107 Å². The third kappa shape index (κ3) is 4.16. The molecule has 0 saturated carbocycles. The summed E-state index contributed by atoms with van der Waals surface area (Å²) in [6.07, 6.45) is 1.72. The van der Waals surface area contributed by atoms with Crippen molar-refractivity contribution in [2.75, 3.05) is 0 Å². The zero-order valence-electron chi connectivity index (χ0n) is 16.3. The van der Waals surface area contributed by atoms with Gasteiger partial charge in [-0.2, -0.15) is 10.2 Å². The van der Waals surface area contributed by atoms with Gasteiger partial charge in [-0.25, -0.2) is 10.1 Å². The van der Waals surface area contributed by atoms with Crippen LogP contribution in [0.5, 0.6) is 0 Å². The SMILES string of the molecule is C/C(=N\NC(=O)c1cn(-c2ccccc2)nc1-c1ccccc1)c1ccccc1Cl. The maximum atomic E-state index is 13.0. The van der Waals surface area contributed by atoms with Gasteiger partial charge in [0, 0.05) is 22.3 Å². The second-order valence-corrected chi connectivity index (χ2v) is 7.06. The van der Waals surface area contributed by atoms with Crippen LogP contribution in [0.25, 0.3) is 16.9 Å². The van der Waals surface area contributed by atoms with Crippen LogP contribution in [-0.2, 0) is 0 Å². The molecule has 0 aliphatic rings. The molecule has 6 heteroatoms. The lowest BCUT2D eigenvalue weighted by molar-refractivity contribution is 0.0955. The van der Waals surface area contributed by atoms with Crippen LogP contribution in [-0.4, -0.2) is 21.4 Å². The molecule has 0 fully saturated rings. The number of rotatable bonds is 5. The van der Waals surface area contributed by atoms with E-state index in [4.69, 9.17) is 11.6 Å². The summed E-state index contributed by atoms with van der Waals surface area (Å²) >= 11 is 6.22. The number of aromatic nitrogens is 2. The molecule has 0 radical (unpaired) electrons. The van der Waals surface area contributed by atoms with E-state index >= 15 is 0 Å². The maximum absolute atomic E-state index is 13.0. The number of hydrogen-bond acceptors (Lipinski definition) is 3. The van der Waals surface area contributed by atoms with Gasteiger partial charge in [-0.3, -0.25) is 4.79 Å². The Labute approximate surface area is 179 Å². The Bertz CT molecular complexity index is 1200. The van der Waals surface area contributed by atoms with Gasteiger partial charge in [-0.1, -0.05) is 78.3 Å². The largest absolute Gasteiger partial charge is 0.275 e. The fourth-order valence-electron chi connectivity index (χ4n) is 3.07. The van der Waals surface area contributed by atoms with E-state index in [0.29, 0.717) is 22.0 Å². The number of carbonyl (C=O) groups is 1. The van der Waals surface area contributed by atoms with Crippen LogP contribution in [0.1, 0.15) is 22.8 Å². The van der Waals surface area contributed by atoms with Crippen molar-refractivity contribution in [3.63, 3.8) is 0 Å². The summed E-state index contributed by atoms with van der Waals surface area (Å²) in [7, 11) is 0. The van der Waals surface area contributed by atoms with E-state index in [2.05, 4.69) is 15.6 Å². The fourth-order valence-corrected chi connectivity index (χ4v) is 3.34. The third-order valence-corrected chi connectivity index (χ3v) is 4.95. The molecule has 30 heavy (non-hydrogen) atoms. The number of hydrazone groups is 1. The number of halogens is 1. The Morgan fingerprint density at radius 2 is 1.53 bits per heavy atom. The second kappa shape index (κ2) is 8.76. The lowest BCUT2D eigenvalue weighted by Crippen LogP contribution is -2.19. The topological polar surface area (TPSA) is 59.3 Å². The monoisotopic (exact) mass is 414 g/mol. The molecule has 0 bridgehead atoms. The average Bonchev–Trinajstić information content (AvgIpc) is 3.24. The summed E-state index contributed by atoms with van der Waals surface area (Å²) in [5, 5.41) is 9.48. The molecular formula is C24H19ClN4O. The van der Waals surface area contributed by atoms with E-state index in [1.54, 1.807) is 23.9 Å². The van der Waals surface area contributed by atoms with E-state index in [9.17, 15) is 4.79 Å². The van der Waals surface area contributed by atoms with Gasteiger partial charge >= 0.3 is 0 Å². The molecule has 1 heterocycles. The first-order valence-corrected chi connectivity index (χ1v) is 9.81. The van der Waals surface area contributed by atoms with Gasteiger partial charge in [0.15, 0.2) is 0 Å². The highest BCUT2D eigenvalue weighted by molar-refractivity contribution is 6.34. The summed E-state index contributed by atoms with van der Waals surface area (Å²) < 4.78 is 1.70. The van der Waals surface area contributed by atoms with Crippen molar-refractivity contribution in [2.45, 2.75) is 6.92 Å². The highest BCUT2D eigenvalue weighted by Gasteiger charge is 2.18. The van der Waals surface area contributed by atoms with E-state index in [0.717, 1.165) is 16.8 Å². The van der Waals surface area contributed by atoms with Crippen LogP contribution < -0.4 is 5.43 Å². The highest BCUT2D eigenvalue weighted by Crippen LogP contribution is 2.24. The van der Waals surface area contributed by atoms with Crippen molar-refractivity contribution >= 4 is 23.2 Å². The molecule has 4 rings (SSSR count). The molecule has 148 valence electrons. The van der Waals surface area contributed by atoms with Crippen molar-refractivity contribution in [2.24, 2.45) is 5.10 Å². The second-order valence-electron chi connectivity index (χ2n) is 6.66. The minimum atomic E-state index is -0.345. The van der Waals surface area contributed by atoms with Crippen LogP contribution in [0.15, 0.2) is 96.2 Å². The molecule has 1 aromatic heterocycles. The highest BCUT2D eigenvalue weighted by atomic mass is 35.5. The number of carbonyl (C=O) groups excluding carboxylic acids is 1.